The summed E-state index contributed by atoms with van der Waals surface area (Å²) in [6.07, 6.45) is 6.15. The summed E-state index contributed by atoms with van der Waals surface area (Å²) in [6, 6.07) is 14.8. The number of benzene rings is 2. The van der Waals surface area contributed by atoms with Gasteiger partial charge in [-0.2, -0.15) is 0 Å². The number of hydrogen-bond donors (Lipinski definition) is 1. The molecule has 0 aliphatic heterocycles. The van der Waals surface area contributed by atoms with Gasteiger partial charge in [0, 0.05) is 29.1 Å². The van der Waals surface area contributed by atoms with Gasteiger partial charge in [-0.1, -0.05) is 44.0 Å². The molecule has 150 valence electrons. The van der Waals surface area contributed by atoms with Gasteiger partial charge in [-0.15, -0.1) is 0 Å². The normalized spacial score (nSPS) is 19.1. The molecule has 5 heteroatoms. The van der Waals surface area contributed by atoms with Gasteiger partial charge in [-0.25, -0.2) is 0 Å². The molecule has 0 saturated heterocycles. The van der Waals surface area contributed by atoms with E-state index in [1.807, 2.05) is 36.4 Å². The van der Waals surface area contributed by atoms with Crippen molar-refractivity contribution in [3.8, 4) is 11.4 Å². The van der Waals surface area contributed by atoms with Crippen molar-refractivity contribution in [2.45, 2.75) is 38.6 Å². The molecule has 0 bridgehead atoms. The van der Waals surface area contributed by atoms with E-state index >= 15 is 0 Å². The molecule has 0 spiro atoms. The van der Waals surface area contributed by atoms with E-state index in [0.29, 0.717) is 33.7 Å². The van der Waals surface area contributed by atoms with Gasteiger partial charge in [0.25, 0.3) is 11.5 Å². The molecular weight excluding hydrogens is 364 g/mol. The molecule has 1 fully saturated rings. The predicted octanol–water partition coefficient (Wildman–Crippen LogP) is 4.31. The lowest BCUT2D eigenvalue weighted by Crippen LogP contribution is -2.41. The number of nitrogens with one attached hydrogen (secondary N) is 1. The molecule has 0 radical (unpaired) electrons. The van der Waals surface area contributed by atoms with Crippen molar-refractivity contribution in [3.63, 3.8) is 0 Å². The number of nitrogens with zero attached hydrogens (tertiary/aromatic N) is 1. The summed E-state index contributed by atoms with van der Waals surface area (Å²) < 4.78 is 6.83. The fraction of sp³-hybridized carbons (Fsp3) is 0.333. The summed E-state index contributed by atoms with van der Waals surface area (Å²) in [6.45, 7) is 2.19. The Morgan fingerprint density at radius 2 is 1.83 bits per heavy atom. The largest absolute Gasteiger partial charge is 0.497 e. The van der Waals surface area contributed by atoms with Crippen LogP contribution in [-0.4, -0.2) is 23.6 Å². The highest BCUT2D eigenvalue weighted by molar-refractivity contribution is 6.06. The van der Waals surface area contributed by atoms with E-state index in [2.05, 4.69) is 12.2 Å². The summed E-state index contributed by atoms with van der Waals surface area (Å²) in [7, 11) is 1.59. The van der Waals surface area contributed by atoms with Crippen molar-refractivity contribution in [2.24, 2.45) is 5.92 Å². The minimum Gasteiger partial charge on any atom is -0.497 e. The van der Waals surface area contributed by atoms with Gasteiger partial charge >= 0.3 is 0 Å². The summed E-state index contributed by atoms with van der Waals surface area (Å²) in [5, 5.41) is 4.42. The molecule has 1 aliphatic rings. The van der Waals surface area contributed by atoms with Crippen molar-refractivity contribution in [1.82, 2.24) is 9.88 Å². The van der Waals surface area contributed by atoms with Gasteiger partial charge in [-0.05, 0) is 37.0 Å². The Kier molecular flexibility index (Phi) is 5.38. The van der Waals surface area contributed by atoms with E-state index in [1.54, 1.807) is 25.4 Å². The fourth-order valence-corrected chi connectivity index (χ4v) is 4.20. The second kappa shape index (κ2) is 8.11. The van der Waals surface area contributed by atoms with E-state index in [-0.39, 0.29) is 17.5 Å². The van der Waals surface area contributed by atoms with E-state index < -0.39 is 0 Å². The molecule has 1 aromatic heterocycles. The molecule has 1 N–H and O–H groups in total. The molecule has 4 rings (SSSR count). The van der Waals surface area contributed by atoms with Crippen molar-refractivity contribution < 1.29 is 9.53 Å². The third-order valence-electron chi connectivity index (χ3n) is 5.93. The van der Waals surface area contributed by atoms with Crippen LogP contribution >= 0.6 is 0 Å². The first-order valence-electron chi connectivity index (χ1n) is 10.2. The van der Waals surface area contributed by atoms with Crippen molar-refractivity contribution in [2.75, 3.05) is 7.11 Å². The highest BCUT2D eigenvalue weighted by atomic mass is 16.5. The number of amides is 1. The molecule has 0 unspecified atom stereocenters. The number of pyridine rings is 1. The highest BCUT2D eigenvalue weighted by Gasteiger charge is 2.24. The number of carbonyl (C=O) groups excluding carboxylic acids is 1. The van der Waals surface area contributed by atoms with E-state index in [0.717, 1.165) is 19.3 Å². The monoisotopic (exact) mass is 390 g/mol. The zero-order chi connectivity index (χ0) is 20.4. The maximum Gasteiger partial charge on any atom is 0.262 e. The van der Waals surface area contributed by atoms with Crippen LogP contribution in [0.2, 0.25) is 0 Å². The van der Waals surface area contributed by atoms with Crippen LogP contribution in [0.5, 0.6) is 5.75 Å². The molecule has 1 amide bonds. The Morgan fingerprint density at radius 1 is 1.07 bits per heavy atom. The number of ether oxygens (including phenoxy) is 1. The second-order valence-corrected chi connectivity index (χ2v) is 7.81. The number of hydrogen-bond acceptors (Lipinski definition) is 3. The van der Waals surface area contributed by atoms with Crippen LogP contribution in [-0.2, 0) is 0 Å². The molecule has 1 saturated carbocycles. The third-order valence-corrected chi connectivity index (χ3v) is 5.93. The average Bonchev–Trinajstić information content (AvgIpc) is 2.76. The lowest BCUT2D eigenvalue weighted by Gasteiger charge is -2.29. The van der Waals surface area contributed by atoms with Crippen LogP contribution < -0.4 is 15.6 Å². The zero-order valence-electron chi connectivity index (χ0n) is 16.9. The first-order valence-corrected chi connectivity index (χ1v) is 10.2. The van der Waals surface area contributed by atoms with Gasteiger partial charge in [0.15, 0.2) is 0 Å². The number of fused-ring (bicyclic) bond motifs is 1. The molecule has 1 heterocycles. The first-order chi connectivity index (χ1) is 14.1. The topological polar surface area (TPSA) is 60.3 Å². The predicted molar refractivity (Wildman–Crippen MR) is 115 cm³/mol. The third kappa shape index (κ3) is 3.77. The molecule has 5 nitrogen and oxygen atoms in total. The lowest BCUT2D eigenvalue weighted by molar-refractivity contribution is 0.0911. The van der Waals surface area contributed by atoms with Crippen LogP contribution in [0.3, 0.4) is 0 Å². The Bertz CT molecular complexity index is 1100. The van der Waals surface area contributed by atoms with Crippen LogP contribution in [0.4, 0.5) is 0 Å². The summed E-state index contributed by atoms with van der Waals surface area (Å²) in [4.78, 5) is 26.4. The van der Waals surface area contributed by atoms with E-state index in [1.165, 1.54) is 11.0 Å². The Morgan fingerprint density at radius 3 is 2.59 bits per heavy atom. The van der Waals surface area contributed by atoms with Crippen LogP contribution in [0, 0.1) is 5.92 Å². The quantitative estimate of drug-likeness (QED) is 0.722. The molecular formula is C24H26N2O3. The van der Waals surface area contributed by atoms with Crippen LogP contribution in [0.1, 0.15) is 43.0 Å². The molecule has 1 aliphatic carbocycles. The summed E-state index contributed by atoms with van der Waals surface area (Å²) >= 11 is 0. The number of carbonyl (C=O) groups is 1. The summed E-state index contributed by atoms with van der Waals surface area (Å²) in [5.74, 6) is 0.990. The highest BCUT2D eigenvalue weighted by Crippen LogP contribution is 2.25. The Labute approximate surface area is 170 Å². The lowest BCUT2D eigenvalue weighted by atomic mass is 9.86. The van der Waals surface area contributed by atoms with Gasteiger partial charge in [0.1, 0.15) is 5.75 Å². The second-order valence-electron chi connectivity index (χ2n) is 7.81. The van der Waals surface area contributed by atoms with Crippen molar-refractivity contribution in [3.05, 3.63) is 70.6 Å². The number of rotatable bonds is 4. The SMILES string of the molecule is COc1cccc(-n2cc(C(=O)N[C@@H]3CCCC[C@H]3C)c3ccccc3c2=O)c1. The smallest absolute Gasteiger partial charge is 0.262 e. The van der Waals surface area contributed by atoms with E-state index in [4.69, 9.17) is 4.74 Å². The fourth-order valence-electron chi connectivity index (χ4n) is 4.20. The van der Waals surface area contributed by atoms with Gasteiger partial charge in [0.2, 0.25) is 0 Å². The zero-order valence-corrected chi connectivity index (χ0v) is 16.9. The minimum absolute atomic E-state index is 0.128. The van der Waals surface area contributed by atoms with Crippen molar-refractivity contribution >= 4 is 16.7 Å². The minimum atomic E-state index is -0.156. The molecule has 3 aromatic rings. The maximum atomic E-state index is 13.2. The van der Waals surface area contributed by atoms with E-state index in [9.17, 15) is 9.59 Å². The molecule has 2 atom stereocenters. The van der Waals surface area contributed by atoms with Crippen LogP contribution in [0.25, 0.3) is 16.5 Å². The maximum absolute atomic E-state index is 13.2. The number of aromatic nitrogens is 1. The first kappa shape index (κ1) is 19.2. The summed E-state index contributed by atoms with van der Waals surface area (Å²) in [5.41, 5.74) is 1.03. The van der Waals surface area contributed by atoms with Crippen molar-refractivity contribution in [1.29, 1.82) is 0 Å². The molecule has 2 aromatic carbocycles. The standard InChI is InChI=1S/C24H26N2O3/c1-16-8-3-6-13-22(16)25-23(27)21-15-26(17-9-7-10-18(14-17)29-2)24(28)20-12-5-4-11-19(20)21/h4-5,7,9-12,14-16,22H,3,6,8,13H2,1-2H3,(H,25,27)/t16-,22-/m1/s1. The Balaban J connectivity index is 1.81. The van der Waals surface area contributed by atoms with Gasteiger partial charge < -0.3 is 10.1 Å². The Hall–Kier alpha value is -3.08. The van der Waals surface area contributed by atoms with Gasteiger partial charge in [-0.3, -0.25) is 14.2 Å². The van der Waals surface area contributed by atoms with Crippen LogP contribution in [0.15, 0.2) is 59.5 Å². The van der Waals surface area contributed by atoms with Gasteiger partial charge in [0.05, 0.1) is 18.4 Å². The number of methoxy groups -OCH3 is 1. The molecule has 29 heavy (non-hydrogen) atoms. The average molecular weight is 390 g/mol.